The summed E-state index contributed by atoms with van der Waals surface area (Å²) in [5.74, 6) is 0.196. The van der Waals surface area contributed by atoms with E-state index in [9.17, 15) is 9.18 Å². The number of carbonyl (C=O) groups excluding carboxylic acids is 1. The number of ether oxygens (including phenoxy) is 1. The van der Waals surface area contributed by atoms with Crippen LogP contribution < -0.4 is 4.90 Å². The number of esters is 1. The van der Waals surface area contributed by atoms with E-state index < -0.39 is 0 Å². The second kappa shape index (κ2) is 12.8. The van der Waals surface area contributed by atoms with Gasteiger partial charge >= 0.3 is 5.97 Å². The first-order valence-corrected chi connectivity index (χ1v) is 13.1. The Labute approximate surface area is 219 Å². The predicted octanol–water partition coefficient (Wildman–Crippen LogP) is 5.13. The lowest BCUT2D eigenvalue weighted by atomic mass is 10.1. The summed E-state index contributed by atoms with van der Waals surface area (Å²) < 4.78 is 18.9. The van der Waals surface area contributed by atoms with Crippen molar-refractivity contribution in [2.45, 2.75) is 46.5 Å². The summed E-state index contributed by atoms with van der Waals surface area (Å²) >= 11 is 0. The Morgan fingerprint density at radius 3 is 2.35 bits per heavy atom. The van der Waals surface area contributed by atoms with Crippen LogP contribution in [0.3, 0.4) is 0 Å². The highest BCUT2D eigenvalue weighted by Crippen LogP contribution is 2.21. The second-order valence-electron chi connectivity index (χ2n) is 9.84. The van der Waals surface area contributed by atoms with Gasteiger partial charge in [0.05, 0.1) is 6.10 Å². The first kappa shape index (κ1) is 26.8. The molecule has 2 heterocycles. The van der Waals surface area contributed by atoms with E-state index in [1.54, 1.807) is 30.5 Å². The summed E-state index contributed by atoms with van der Waals surface area (Å²) in [6.07, 6.45) is 1.56. The normalized spacial score (nSPS) is 14.4. The molecule has 0 unspecified atom stereocenters. The SMILES string of the molecule is CCN(Cc1ccc(CN2CCN(c3ncccc3C(=O)OC(C)C)CC2)cc1)Cc1cccc(F)c1. The van der Waals surface area contributed by atoms with Gasteiger partial charge in [-0.15, -0.1) is 0 Å². The van der Waals surface area contributed by atoms with Crippen LogP contribution in [0.5, 0.6) is 0 Å². The van der Waals surface area contributed by atoms with Crippen molar-refractivity contribution < 1.29 is 13.9 Å². The Kier molecular flexibility index (Phi) is 9.25. The van der Waals surface area contributed by atoms with Gasteiger partial charge in [-0.3, -0.25) is 9.80 Å². The molecular weight excluding hydrogens is 467 g/mol. The van der Waals surface area contributed by atoms with E-state index in [-0.39, 0.29) is 17.9 Å². The number of halogens is 1. The van der Waals surface area contributed by atoms with E-state index in [0.717, 1.165) is 57.9 Å². The van der Waals surface area contributed by atoms with E-state index in [1.165, 1.54) is 17.2 Å². The molecule has 0 N–H and O–H groups in total. The smallest absolute Gasteiger partial charge is 0.342 e. The van der Waals surface area contributed by atoms with E-state index >= 15 is 0 Å². The third-order valence-electron chi connectivity index (χ3n) is 6.60. The molecule has 0 aliphatic carbocycles. The number of hydrogen-bond donors (Lipinski definition) is 0. The highest BCUT2D eigenvalue weighted by Gasteiger charge is 2.23. The van der Waals surface area contributed by atoms with Gasteiger partial charge in [-0.2, -0.15) is 0 Å². The van der Waals surface area contributed by atoms with Crippen molar-refractivity contribution in [1.29, 1.82) is 0 Å². The van der Waals surface area contributed by atoms with Gasteiger partial charge in [0.2, 0.25) is 0 Å². The lowest BCUT2D eigenvalue weighted by Gasteiger charge is -2.36. The van der Waals surface area contributed by atoms with Gasteiger partial charge < -0.3 is 9.64 Å². The minimum atomic E-state index is -0.321. The Balaban J connectivity index is 1.29. The summed E-state index contributed by atoms with van der Waals surface area (Å²) in [5.41, 5.74) is 4.05. The van der Waals surface area contributed by atoms with Gasteiger partial charge in [0.15, 0.2) is 0 Å². The van der Waals surface area contributed by atoms with Crippen molar-refractivity contribution in [3.05, 3.63) is 94.9 Å². The minimum absolute atomic E-state index is 0.165. The van der Waals surface area contributed by atoms with E-state index in [2.05, 4.69) is 50.9 Å². The fourth-order valence-corrected chi connectivity index (χ4v) is 4.64. The van der Waals surface area contributed by atoms with Gasteiger partial charge in [0.25, 0.3) is 0 Å². The molecule has 1 aromatic heterocycles. The molecule has 0 amide bonds. The third kappa shape index (κ3) is 7.60. The molecule has 1 aliphatic rings. The quantitative estimate of drug-likeness (QED) is 0.357. The number of nitrogens with zero attached hydrogens (tertiary/aromatic N) is 4. The topological polar surface area (TPSA) is 48.9 Å². The van der Waals surface area contributed by atoms with Crippen LogP contribution in [0.1, 0.15) is 47.8 Å². The number of aromatic nitrogens is 1. The largest absolute Gasteiger partial charge is 0.459 e. The van der Waals surface area contributed by atoms with Gasteiger partial charge in [-0.1, -0.05) is 43.3 Å². The van der Waals surface area contributed by atoms with Crippen LogP contribution in [-0.2, 0) is 24.4 Å². The van der Waals surface area contributed by atoms with E-state index in [1.807, 2.05) is 19.9 Å². The maximum atomic E-state index is 13.5. The number of rotatable bonds is 10. The zero-order valence-corrected chi connectivity index (χ0v) is 22.1. The molecular formula is C30H37FN4O2. The highest BCUT2D eigenvalue weighted by molar-refractivity contribution is 5.94. The van der Waals surface area contributed by atoms with E-state index in [0.29, 0.717) is 11.4 Å². The van der Waals surface area contributed by atoms with Gasteiger partial charge in [-0.25, -0.2) is 14.2 Å². The molecule has 0 spiro atoms. The standard InChI is InChI=1S/C30H37FN4O2/c1-4-33(22-26-7-5-8-27(31)19-26)20-24-10-12-25(13-11-24)21-34-15-17-35(18-16-34)29-28(9-6-14-32-29)30(36)37-23(2)3/h5-14,19,23H,4,15-18,20-22H2,1-3H3. The van der Waals surface area contributed by atoms with Crippen molar-refractivity contribution >= 4 is 11.8 Å². The summed E-state index contributed by atoms with van der Waals surface area (Å²) in [6, 6.07) is 19.2. The van der Waals surface area contributed by atoms with Crippen LogP contribution in [0.15, 0.2) is 66.9 Å². The number of anilines is 1. The molecule has 0 radical (unpaired) electrons. The first-order valence-electron chi connectivity index (χ1n) is 13.1. The van der Waals surface area contributed by atoms with Crippen molar-refractivity contribution in [1.82, 2.24) is 14.8 Å². The number of carbonyl (C=O) groups is 1. The second-order valence-corrected chi connectivity index (χ2v) is 9.84. The molecule has 0 atom stereocenters. The fourth-order valence-electron chi connectivity index (χ4n) is 4.64. The predicted molar refractivity (Wildman–Crippen MR) is 145 cm³/mol. The van der Waals surface area contributed by atoms with Crippen molar-refractivity contribution in [2.75, 3.05) is 37.6 Å². The van der Waals surface area contributed by atoms with Crippen LogP contribution in [0.4, 0.5) is 10.2 Å². The highest BCUT2D eigenvalue weighted by atomic mass is 19.1. The molecule has 7 heteroatoms. The summed E-state index contributed by atoms with van der Waals surface area (Å²) in [5, 5.41) is 0. The number of piperazine rings is 1. The zero-order chi connectivity index (χ0) is 26.2. The van der Waals surface area contributed by atoms with Crippen LogP contribution in [0.2, 0.25) is 0 Å². The lowest BCUT2D eigenvalue weighted by Crippen LogP contribution is -2.46. The number of benzene rings is 2. The molecule has 4 rings (SSSR count). The fraction of sp³-hybridized carbons (Fsp3) is 0.400. The van der Waals surface area contributed by atoms with Crippen LogP contribution >= 0.6 is 0 Å². The van der Waals surface area contributed by atoms with E-state index in [4.69, 9.17) is 4.74 Å². The summed E-state index contributed by atoms with van der Waals surface area (Å²) in [7, 11) is 0. The number of pyridine rings is 1. The third-order valence-corrected chi connectivity index (χ3v) is 6.60. The molecule has 2 aromatic carbocycles. The molecule has 6 nitrogen and oxygen atoms in total. The van der Waals surface area contributed by atoms with Crippen molar-refractivity contribution in [3.63, 3.8) is 0 Å². The lowest BCUT2D eigenvalue weighted by molar-refractivity contribution is 0.0378. The molecule has 0 bridgehead atoms. The molecule has 1 fully saturated rings. The Hall–Kier alpha value is -3.29. The van der Waals surface area contributed by atoms with Crippen molar-refractivity contribution in [2.24, 2.45) is 0 Å². The monoisotopic (exact) mass is 504 g/mol. The van der Waals surface area contributed by atoms with Gasteiger partial charge in [0, 0.05) is 52.0 Å². The summed E-state index contributed by atoms with van der Waals surface area (Å²) in [4.78, 5) is 23.9. The van der Waals surface area contributed by atoms with Crippen LogP contribution in [0, 0.1) is 5.82 Å². The van der Waals surface area contributed by atoms with Gasteiger partial charge in [0.1, 0.15) is 17.2 Å². The molecule has 1 aliphatic heterocycles. The average Bonchev–Trinajstić information content (AvgIpc) is 2.89. The summed E-state index contributed by atoms with van der Waals surface area (Å²) in [6.45, 7) is 12.6. The molecule has 196 valence electrons. The zero-order valence-electron chi connectivity index (χ0n) is 22.1. The van der Waals surface area contributed by atoms with Crippen LogP contribution in [-0.4, -0.2) is 59.6 Å². The molecule has 37 heavy (non-hydrogen) atoms. The number of hydrogen-bond acceptors (Lipinski definition) is 6. The molecule has 0 saturated carbocycles. The maximum Gasteiger partial charge on any atom is 0.342 e. The molecule has 1 saturated heterocycles. The first-order chi connectivity index (χ1) is 17.9. The Bertz CT molecular complexity index is 1160. The maximum absolute atomic E-state index is 13.5. The minimum Gasteiger partial charge on any atom is -0.459 e. The Morgan fingerprint density at radius 2 is 1.68 bits per heavy atom. The van der Waals surface area contributed by atoms with Crippen LogP contribution in [0.25, 0.3) is 0 Å². The van der Waals surface area contributed by atoms with Crippen molar-refractivity contribution in [3.8, 4) is 0 Å². The molecule has 3 aromatic rings. The Morgan fingerprint density at radius 1 is 0.973 bits per heavy atom. The average molecular weight is 505 g/mol. The van der Waals surface area contributed by atoms with Gasteiger partial charge in [-0.05, 0) is 61.3 Å².